The van der Waals surface area contributed by atoms with Crippen LogP contribution in [0, 0.1) is 5.82 Å². The first-order valence-corrected chi connectivity index (χ1v) is 6.90. The maximum Gasteiger partial charge on any atom is 0.125 e. The average Bonchev–Trinajstić information content (AvgIpc) is 2.47. The summed E-state index contributed by atoms with van der Waals surface area (Å²) in [5.41, 5.74) is 2.92. The topological polar surface area (TPSA) is 24.5 Å². The van der Waals surface area contributed by atoms with Gasteiger partial charge in [-0.2, -0.15) is 0 Å². The summed E-state index contributed by atoms with van der Waals surface area (Å²) in [6.45, 7) is 1.34. The molecule has 0 aromatic heterocycles. The first-order valence-electron chi connectivity index (χ1n) is 6.90. The first-order chi connectivity index (χ1) is 10.1. The number of ether oxygens (including phenoxy) is 1. The minimum atomic E-state index is -0.213. The van der Waals surface area contributed by atoms with Crippen LogP contribution in [0.5, 0.6) is 5.75 Å². The first kappa shape index (κ1) is 15.3. The van der Waals surface area contributed by atoms with Crippen molar-refractivity contribution in [3.8, 4) is 5.75 Å². The van der Waals surface area contributed by atoms with E-state index in [1.54, 1.807) is 19.2 Å². The smallest absolute Gasteiger partial charge is 0.125 e. The van der Waals surface area contributed by atoms with Crippen LogP contribution in [0.15, 0.2) is 42.5 Å². The maximum atomic E-state index is 13.7. The van der Waals surface area contributed by atoms with Crippen LogP contribution in [0.3, 0.4) is 0 Å². The number of hydrogen-bond donors (Lipinski definition) is 1. The van der Waals surface area contributed by atoms with E-state index in [2.05, 4.69) is 5.32 Å². The van der Waals surface area contributed by atoms with Crippen molar-refractivity contribution >= 4 is 5.69 Å². The van der Waals surface area contributed by atoms with Gasteiger partial charge in [0.15, 0.2) is 0 Å². The predicted octanol–water partition coefficient (Wildman–Crippen LogP) is 3.19. The van der Waals surface area contributed by atoms with E-state index in [-0.39, 0.29) is 5.82 Å². The Labute approximate surface area is 125 Å². The Kier molecular flexibility index (Phi) is 5.17. The molecule has 0 heterocycles. The molecule has 0 unspecified atom stereocenters. The van der Waals surface area contributed by atoms with E-state index >= 15 is 0 Å². The van der Waals surface area contributed by atoms with Gasteiger partial charge in [0.05, 0.1) is 7.11 Å². The highest BCUT2D eigenvalue weighted by Gasteiger charge is 2.07. The lowest BCUT2D eigenvalue weighted by atomic mass is 10.1. The van der Waals surface area contributed by atoms with Gasteiger partial charge in [0.1, 0.15) is 11.6 Å². The molecule has 0 saturated carbocycles. The normalized spacial score (nSPS) is 10.5. The molecule has 0 bridgehead atoms. The molecule has 0 atom stereocenters. The fraction of sp³-hybridized carbons (Fsp3) is 0.294. The lowest BCUT2D eigenvalue weighted by molar-refractivity contribution is 0.414. The Hall–Kier alpha value is -2.07. The Morgan fingerprint density at radius 1 is 1.14 bits per heavy atom. The second-order valence-corrected chi connectivity index (χ2v) is 5.06. The Morgan fingerprint density at radius 3 is 2.67 bits per heavy atom. The van der Waals surface area contributed by atoms with Crippen LogP contribution in [-0.4, -0.2) is 21.2 Å². The van der Waals surface area contributed by atoms with Gasteiger partial charge >= 0.3 is 0 Å². The molecule has 0 radical (unpaired) electrons. The van der Waals surface area contributed by atoms with Crippen molar-refractivity contribution in [1.29, 1.82) is 0 Å². The predicted molar refractivity (Wildman–Crippen MR) is 84.3 cm³/mol. The van der Waals surface area contributed by atoms with Crippen molar-refractivity contribution in [2.45, 2.75) is 13.1 Å². The molecule has 112 valence electrons. The highest BCUT2D eigenvalue weighted by molar-refractivity contribution is 5.49. The number of rotatable bonds is 6. The summed E-state index contributed by atoms with van der Waals surface area (Å²) >= 11 is 0. The number of nitrogens with one attached hydrogen (secondary N) is 1. The van der Waals surface area contributed by atoms with Crippen molar-refractivity contribution < 1.29 is 9.13 Å². The van der Waals surface area contributed by atoms with E-state index < -0.39 is 0 Å². The molecular formula is C17H21FN2O. The van der Waals surface area contributed by atoms with Crippen LogP contribution >= 0.6 is 0 Å². The zero-order valence-corrected chi connectivity index (χ0v) is 12.7. The Balaban J connectivity index is 2.17. The number of halogens is 1. The van der Waals surface area contributed by atoms with Crippen molar-refractivity contribution in [3.63, 3.8) is 0 Å². The Bertz CT molecular complexity index is 601. The van der Waals surface area contributed by atoms with Crippen LogP contribution in [-0.2, 0) is 13.1 Å². The molecule has 21 heavy (non-hydrogen) atoms. The molecule has 0 aliphatic heterocycles. The summed E-state index contributed by atoms with van der Waals surface area (Å²) in [6.07, 6.45) is 0. The molecule has 0 fully saturated rings. The summed E-state index contributed by atoms with van der Waals surface area (Å²) in [5.74, 6) is 0.617. The van der Waals surface area contributed by atoms with Crippen molar-refractivity contribution in [3.05, 3.63) is 59.4 Å². The number of anilines is 1. The monoisotopic (exact) mass is 288 g/mol. The van der Waals surface area contributed by atoms with Crippen molar-refractivity contribution in [2.75, 3.05) is 26.1 Å². The molecule has 1 N–H and O–H groups in total. The minimum absolute atomic E-state index is 0.213. The van der Waals surface area contributed by atoms with E-state index in [4.69, 9.17) is 4.74 Å². The number of hydrogen-bond acceptors (Lipinski definition) is 3. The van der Waals surface area contributed by atoms with Gasteiger partial charge in [-0.05, 0) is 48.5 Å². The fourth-order valence-corrected chi connectivity index (χ4v) is 2.30. The van der Waals surface area contributed by atoms with Crippen LogP contribution in [0.4, 0.5) is 10.1 Å². The molecule has 0 aliphatic rings. The standard InChI is InChI=1S/C17H21FN2O/c1-19-11-14-7-15(18)10-16(8-14)20(2)12-13-5-4-6-17(9-13)21-3/h4-10,19H,11-12H2,1-3H3. The molecule has 4 heteroatoms. The van der Waals surface area contributed by atoms with Gasteiger partial charge in [0.25, 0.3) is 0 Å². The molecule has 0 spiro atoms. The molecule has 2 aromatic carbocycles. The third-order valence-corrected chi connectivity index (χ3v) is 3.32. The SMILES string of the molecule is CNCc1cc(F)cc(N(C)Cc2cccc(OC)c2)c1. The third-order valence-electron chi connectivity index (χ3n) is 3.32. The quantitative estimate of drug-likeness (QED) is 0.883. The molecular weight excluding hydrogens is 267 g/mol. The average molecular weight is 288 g/mol. The Morgan fingerprint density at radius 2 is 1.95 bits per heavy atom. The molecule has 0 aliphatic carbocycles. The second kappa shape index (κ2) is 7.09. The molecule has 2 aromatic rings. The van der Waals surface area contributed by atoms with Gasteiger partial charge in [-0.1, -0.05) is 12.1 Å². The summed E-state index contributed by atoms with van der Waals surface area (Å²) < 4.78 is 18.9. The zero-order valence-electron chi connectivity index (χ0n) is 12.7. The van der Waals surface area contributed by atoms with Gasteiger partial charge in [-0.25, -0.2) is 4.39 Å². The highest BCUT2D eigenvalue weighted by Crippen LogP contribution is 2.21. The summed E-state index contributed by atoms with van der Waals surface area (Å²) in [6, 6.07) is 13.0. The largest absolute Gasteiger partial charge is 0.497 e. The van der Waals surface area contributed by atoms with Crippen molar-refractivity contribution in [2.24, 2.45) is 0 Å². The molecule has 0 saturated heterocycles. The van der Waals surface area contributed by atoms with Gasteiger partial charge < -0.3 is 15.0 Å². The molecule has 0 amide bonds. The van der Waals surface area contributed by atoms with Crippen LogP contribution in [0.25, 0.3) is 0 Å². The second-order valence-electron chi connectivity index (χ2n) is 5.06. The maximum absolute atomic E-state index is 13.7. The van der Waals surface area contributed by atoms with Crippen LogP contribution in [0.2, 0.25) is 0 Å². The number of methoxy groups -OCH3 is 1. The third kappa shape index (κ3) is 4.20. The molecule has 2 rings (SSSR count). The summed E-state index contributed by atoms with van der Waals surface area (Å²) in [5, 5.41) is 3.04. The lowest BCUT2D eigenvalue weighted by Gasteiger charge is -2.20. The zero-order chi connectivity index (χ0) is 15.2. The van der Waals surface area contributed by atoms with E-state index in [0.717, 1.165) is 22.6 Å². The van der Waals surface area contributed by atoms with E-state index in [0.29, 0.717) is 13.1 Å². The highest BCUT2D eigenvalue weighted by atomic mass is 19.1. The van der Waals surface area contributed by atoms with Gasteiger partial charge in [-0.3, -0.25) is 0 Å². The van der Waals surface area contributed by atoms with E-state index in [1.165, 1.54) is 0 Å². The van der Waals surface area contributed by atoms with Crippen molar-refractivity contribution in [1.82, 2.24) is 5.32 Å². The van der Waals surface area contributed by atoms with E-state index in [9.17, 15) is 4.39 Å². The minimum Gasteiger partial charge on any atom is -0.497 e. The van der Waals surface area contributed by atoms with Crippen LogP contribution < -0.4 is 15.0 Å². The van der Waals surface area contributed by atoms with E-state index in [1.807, 2.05) is 49.3 Å². The van der Waals surface area contributed by atoms with Gasteiger partial charge in [0, 0.05) is 25.8 Å². The lowest BCUT2D eigenvalue weighted by Crippen LogP contribution is -2.17. The van der Waals surface area contributed by atoms with Gasteiger partial charge in [0.2, 0.25) is 0 Å². The number of nitrogens with zero attached hydrogens (tertiary/aromatic N) is 1. The fourth-order valence-electron chi connectivity index (χ4n) is 2.30. The van der Waals surface area contributed by atoms with Crippen LogP contribution in [0.1, 0.15) is 11.1 Å². The summed E-state index contributed by atoms with van der Waals surface area (Å²) in [4.78, 5) is 2.02. The van der Waals surface area contributed by atoms with Gasteiger partial charge in [-0.15, -0.1) is 0 Å². The number of benzene rings is 2. The summed E-state index contributed by atoms with van der Waals surface area (Å²) in [7, 11) is 5.46. The molecule has 3 nitrogen and oxygen atoms in total.